The van der Waals surface area contributed by atoms with Crippen molar-refractivity contribution < 1.29 is 19.3 Å². The maximum absolute atomic E-state index is 10.8. The molecule has 0 spiro atoms. The molecular weight excluding hydrogens is 294 g/mol. The van der Waals surface area contributed by atoms with Gasteiger partial charge in [-0.1, -0.05) is 13.0 Å². The summed E-state index contributed by atoms with van der Waals surface area (Å²) in [6.45, 7) is 6.66. The minimum absolute atomic E-state index is 0.239. The van der Waals surface area contributed by atoms with Crippen LogP contribution in [-0.4, -0.2) is 55.6 Å². The molecule has 0 aromatic heterocycles. The zero-order valence-corrected chi connectivity index (χ0v) is 14.1. The predicted octanol–water partition coefficient (Wildman–Crippen LogP) is 2.07. The molecule has 0 saturated carbocycles. The normalized spacial score (nSPS) is 27.9. The van der Waals surface area contributed by atoms with Gasteiger partial charge in [-0.25, -0.2) is 0 Å². The van der Waals surface area contributed by atoms with E-state index in [4.69, 9.17) is 14.2 Å². The third kappa shape index (κ3) is 3.79. The van der Waals surface area contributed by atoms with Crippen LogP contribution >= 0.6 is 0 Å². The molecule has 128 valence electrons. The van der Waals surface area contributed by atoms with Gasteiger partial charge in [0.1, 0.15) is 13.2 Å². The number of piperidine rings is 1. The molecule has 1 aromatic carbocycles. The van der Waals surface area contributed by atoms with E-state index in [1.807, 2.05) is 6.07 Å². The van der Waals surface area contributed by atoms with Crippen molar-refractivity contribution in [3.8, 4) is 11.5 Å². The topological polar surface area (TPSA) is 51.2 Å². The third-order valence-corrected chi connectivity index (χ3v) is 5.06. The van der Waals surface area contributed by atoms with E-state index in [1.54, 1.807) is 7.11 Å². The number of benzene rings is 1. The first-order valence-corrected chi connectivity index (χ1v) is 8.43. The zero-order chi connectivity index (χ0) is 16.3. The summed E-state index contributed by atoms with van der Waals surface area (Å²) in [5.41, 5.74) is 0.628. The Morgan fingerprint density at radius 3 is 2.83 bits per heavy atom. The maximum atomic E-state index is 10.8. The van der Waals surface area contributed by atoms with Crippen LogP contribution < -0.4 is 9.47 Å². The van der Waals surface area contributed by atoms with Crippen molar-refractivity contribution in [2.45, 2.75) is 31.9 Å². The monoisotopic (exact) mass is 321 g/mol. The molecule has 1 fully saturated rings. The molecule has 1 N–H and O–H groups in total. The highest BCUT2D eigenvalue weighted by molar-refractivity contribution is 5.43. The van der Waals surface area contributed by atoms with Crippen LogP contribution in [0.25, 0.3) is 0 Å². The minimum atomic E-state index is -0.598. The number of fused-ring (bicyclic) bond motifs is 1. The van der Waals surface area contributed by atoms with Gasteiger partial charge in [-0.15, -0.1) is 0 Å². The maximum Gasteiger partial charge on any atom is 0.161 e. The Kier molecular flexibility index (Phi) is 5.09. The van der Waals surface area contributed by atoms with Crippen molar-refractivity contribution >= 4 is 0 Å². The first-order valence-electron chi connectivity index (χ1n) is 8.43. The molecule has 1 aromatic rings. The Balaban J connectivity index is 1.59. The molecule has 2 atom stereocenters. The quantitative estimate of drug-likeness (QED) is 0.900. The van der Waals surface area contributed by atoms with Crippen LogP contribution in [0.2, 0.25) is 0 Å². The molecule has 5 heteroatoms. The van der Waals surface area contributed by atoms with E-state index >= 15 is 0 Å². The number of rotatable bonds is 5. The van der Waals surface area contributed by atoms with Crippen molar-refractivity contribution in [1.29, 1.82) is 0 Å². The van der Waals surface area contributed by atoms with Crippen molar-refractivity contribution in [3.63, 3.8) is 0 Å². The Morgan fingerprint density at radius 1 is 1.30 bits per heavy atom. The number of methoxy groups -OCH3 is 1. The van der Waals surface area contributed by atoms with E-state index < -0.39 is 5.60 Å². The van der Waals surface area contributed by atoms with Crippen LogP contribution in [0.15, 0.2) is 18.2 Å². The van der Waals surface area contributed by atoms with E-state index in [1.165, 1.54) is 5.56 Å². The number of likely N-dealkylation sites (tertiary alicyclic amines) is 1. The molecule has 0 radical (unpaired) electrons. The molecule has 2 aliphatic heterocycles. The molecule has 0 amide bonds. The lowest BCUT2D eigenvalue weighted by Crippen LogP contribution is -2.51. The highest BCUT2D eigenvalue weighted by atomic mass is 16.6. The lowest BCUT2D eigenvalue weighted by molar-refractivity contribution is -0.0827. The van der Waals surface area contributed by atoms with Gasteiger partial charge in [-0.3, -0.25) is 4.90 Å². The summed E-state index contributed by atoms with van der Waals surface area (Å²) in [5.74, 6) is 1.92. The van der Waals surface area contributed by atoms with Gasteiger partial charge in [0.15, 0.2) is 11.5 Å². The average Bonchev–Trinajstić information content (AvgIpc) is 2.57. The summed E-state index contributed by atoms with van der Waals surface area (Å²) in [5, 5.41) is 10.8. The molecule has 2 aliphatic rings. The molecule has 23 heavy (non-hydrogen) atoms. The second kappa shape index (κ2) is 7.07. The number of hydrogen-bond donors (Lipinski definition) is 1. The molecule has 0 unspecified atom stereocenters. The molecule has 2 heterocycles. The summed E-state index contributed by atoms with van der Waals surface area (Å²) in [4.78, 5) is 2.40. The van der Waals surface area contributed by atoms with E-state index in [2.05, 4.69) is 24.0 Å². The van der Waals surface area contributed by atoms with E-state index in [-0.39, 0.29) is 5.92 Å². The van der Waals surface area contributed by atoms with Crippen LogP contribution in [0.4, 0.5) is 0 Å². The fraction of sp³-hybridized carbons (Fsp3) is 0.667. The summed E-state index contributed by atoms with van der Waals surface area (Å²) >= 11 is 0. The van der Waals surface area contributed by atoms with Crippen LogP contribution in [0.1, 0.15) is 25.3 Å². The van der Waals surface area contributed by atoms with Crippen LogP contribution in [0.5, 0.6) is 11.5 Å². The first-order chi connectivity index (χ1) is 11.1. The van der Waals surface area contributed by atoms with Crippen molar-refractivity contribution in [2.75, 3.05) is 40.0 Å². The molecular formula is C18H27NO4. The van der Waals surface area contributed by atoms with E-state index in [0.29, 0.717) is 26.2 Å². The fourth-order valence-corrected chi connectivity index (χ4v) is 3.48. The van der Waals surface area contributed by atoms with Gasteiger partial charge in [0.2, 0.25) is 0 Å². The van der Waals surface area contributed by atoms with Crippen molar-refractivity contribution in [1.82, 2.24) is 4.90 Å². The van der Waals surface area contributed by atoms with Gasteiger partial charge in [-0.2, -0.15) is 0 Å². The smallest absolute Gasteiger partial charge is 0.161 e. The van der Waals surface area contributed by atoms with E-state index in [9.17, 15) is 5.11 Å². The van der Waals surface area contributed by atoms with Gasteiger partial charge < -0.3 is 19.3 Å². The van der Waals surface area contributed by atoms with Crippen LogP contribution in [0.3, 0.4) is 0 Å². The Hall–Kier alpha value is -1.30. The van der Waals surface area contributed by atoms with Gasteiger partial charge in [0.25, 0.3) is 0 Å². The second-order valence-corrected chi connectivity index (χ2v) is 6.71. The number of ether oxygens (including phenoxy) is 3. The second-order valence-electron chi connectivity index (χ2n) is 6.71. The standard InChI is InChI=1S/C18H27NO4/c1-14-12-19(7-5-18(14,20)6-8-21-2)13-15-3-4-16-17(11-15)23-10-9-22-16/h3-4,11,14,20H,5-10,12-13H2,1-2H3/t14-,18-/m1/s1. The number of hydrogen-bond acceptors (Lipinski definition) is 5. The Labute approximate surface area is 138 Å². The van der Waals surface area contributed by atoms with Gasteiger partial charge >= 0.3 is 0 Å². The van der Waals surface area contributed by atoms with Gasteiger partial charge in [-0.05, 0) is 36.5 Å². The van der Waals surface area contributed by atoms with Crippen molar-refractivity contribution in [3.05, 3.63) is 23.8 Å². The summed E-state index contributed by atoms with van der Waals surface area (Å²) < 4.78 is 16.4. The summed E-state index contributed by atoms with van der Waals surface area (Å²) in [6.07, 6.45) is 1.50. The average molecular weight is 321 g/mol. The Bertz CT molecular complexity index is 536. The minimum Gasteiger partial charge on any atom is -0.486 e. The van der Waals surface area contributed by atoms with Crippen LogP contribution in [0, 0.1) is 5.92 Å². The lowest BCUT2D eigenvalue weighted by Gasteiger charge is -2.43. The summed E-state index contributed by atoms with van der Waals surface area (Å²) in [6, 6.07) is 6.17. The third-order valence-electron chi connectivity index (χ3n) is 5.06. The van der Waals surface area contributed by atoms with Gasteiger partial charge in [0.05, 0.1) is 5.60 Å². The summed E-state index contributed by atoms with van der Waals surface area (Å²) in [7, 11) is 1.69. The zero-order valence-electron chi connectivity index (χ0n) is 14.1. The number of nitrogens with zero attached hydrogens (tertiary/aromatic N) is 1. The molecule has 3 rings (SSSR count). The fourth-order valence-electron chi connectivity index (χ4n) is 3.48. The predicted molar refractivity (Wildman–Crippen MR) is 87.9 cm³/mol. The molecule has 0 aliphatic carbocycles. The van der Waals surface area contributed by atoms with Gasteiger partial charge in [0, 0.05) is 33.4 Å². The largest absolute Gasteiger partial charge is 0.486 e. The first kappa shape index (κ1) is 16.6. The molecule has 1 saturated heterocycles. The molecule has 0 bridgehead atoms. The number of aliphatic hydroxyl groups is 1. The highest BCUT2D eigenvalue weighted by Gasteiger charge is 2.38. The molecule has 5 nitrogen and oxygen atoms in total. The lowest BCUT2D eigenvalue weighted by atomic mass is 9.80. The van der Waals surface area contributed by atoms with Crippen LogP contribution in [-0.2, 0) is 11.3 Å². The SMILES string of the molecule is COCC[C@]1(O)CCN(Cc2ccc3c(c2)OCCO3)C[C@H]1C. The van der Waals surface area contributed by atoms with E-state index in [0.717, 1.165) is 37.6 Å². The Morgan fingerprint density at radius 2 is 2.09 bits per heavy atom. The highest BCUT2D eigenvalue weighted by Crippen LogP contribution is 2.34. The van der Waals surface area contributed by atoms with Crippen molar-refractivity contribution in [2.24, 2.45) is 5.92 Å².